The van der Waals surface area contributed by atoms with Crippen molar-refractivity contribution >= 4 is 11.6 Å². The van der Waals surface area contributed by atoms with E-state index >= 15 is 0 Å². The Morgan fingerprint density at radius 1 is 1.12 bits per heavy atom. The minimum Gasteiger partial charge on any atom is -0.496 e. The van der Waals surface area contributed by atoms with Crippen molar-refractivity contribution in [1.82, 2.24) is 0 Å². The number of nitrogens with zero attached hydrogens (tertiary/aromatic N) is 1. The van der Waals surface area contributed by atoms with Crippen LogP contribution in [0.2, 0.25) is 0 Å². The minimum absolute atomic E-state index is 0.158. The SMILES string of the molecule is COc1ccccc1CCN=C(N)Nc1ccc(OC(C)C)cc1. The molecule has 0 atom stereocenters. The van der Waals surface area contributed by atoms with E-state index in [9.17, 15) is 0 Å². The number of benzene rings is 2. The fourth-order valence-electron chi connectivity index (χ4n) is 2.28. The topological polar surface area (TPSA) is 68.9 Å². The third-order valence-corrected chi connectivity index (χ3v) is 3.35. The second kappa shape index (κ2) is 8.82. The van der Waals surface area contributed by atoms with Crippen molar-refractivity contribution in [3.05, 3.63) is 54.1 Å². The molecule has 128 valence electrons. The molecule has 24 heavy (non-hydrogen) atoms. The number of ether oxygens (including phenoxy) is 2. The highest BCUT2D eigenvalue weighted by molar-refractivity contribution is 5.92. The number of aliphatic imine (C=N–C) groups is 1. The molecule has 0 fully saturated rings. The molecule has 0 spiro atoms. The number of para-hydroxylation sites is 1. The van der Waals surface area contributed by atoms with E-state index in [1.165, 1.54) is 0 Å². The van der Waals surface area contributed by atoms with Crippen LogP contribution >= 0.6 is 0 Å². The zero-order valence-corrected chi connectivity index (χ0v) is 14.5. The highest BCUT2D eigenvalue weighted by atomic mass is 16.5. The summed E-state index contributed by atoms with van der Waals surface area (Å²) in [4.78, 5) is 4.36. The maximum absolute atomic E-state index is 5.94. The molecule has 0 aliphatic heterocycles. The molecule has 3 N–H and O–H groups in total. The van der Waals surface area contributed by atoms with E-state index < -0.39 is 0 Å². The van der Waals surface area contributed by atoms with Crippen LogP contribution in [0.5, 0.6) is 11.5 Å². The molecule has 0 bridgehead atoms. The van der Waals surface area contributed by atoms with Gasteiger partial charge in [0, 0.05) is 12.2 Å². The summed E-state index contributed by atoms with van der Waals surface area (Å²) in [5.41, 5.74) is 7.93. The lowest BCUT2D eigenvalue weighted by Gasteiger charge is -2.11. The summed E-state index contributed by atoms with van der Waals surface area (Å²) in [7, 11) is 1.67. The molecule has 5 heteroatoms. The molecule has 0 saturated heterocycles. The first-order chi connectivity index (χ1) is 11.6. The average Bonchev–Trinajstić information content (AvgIpc) is 2.56. The van der Waals surface area contributed by atoms with Gasteiger partial charge in [0.2, 0.25) is 0 Å². The quantitative estimate of drug-likeness (QED) is 0.604. The summed E-state index contributed by atoms with van der Waals surface area (Å²) in [6.45, 7) is 4.59. The minimum atomic E-state index is 0.158. The van der Waals surface area contributed by atoms with Crippen LogP contribution in [0.1, 0.15) is 19.4 Å². The molecule has 2 aromatic rings. The monoisotopic (exact) mass is 327 g/mol. The molecule has 2 aromatic carbocycles. The highest BCUT2D eigenvalue weighted by Gasteiger charge is 2.02. The lowest BCUT2D eigenvalue weighted by atomic mass is 10.1. The molecule has 2 rings (SSSR count). The van der Waals surface area contributed by atoms with Crippen LogP contribution in [-0.2, 0) is 6.42 Å². The van der Waals surface area contributed by atoms with Crippen molar-refractivity contribution in [1.29, 1.82) is 0 Å². The smallest absolute Gasteiger partial charge is 0.193 e. The van der Waals surface area contributed by atoms with Gasteiger partial charge in [-0.2, -0.15) is 0 Å². The van der Waals surface area contributed by atoms with Gasteiger partial charge < -0.3 is 20.5 Å². The molecular formula is C19H25N3O2. The van der Waals surface area contributed by atoms with Gasteiger partial charge in [-0.3, -0.25) is 4.99 Å². The van der Waals surface area contributed by atoms with Crippen LogP contribution in [0.4, 0.5) is 5.69 Å². The van der Waals surface area contributed by atoms with Gasteiger partial charge in [-0.1, -0.05) is 18.2 Å². The lowest BCUT2D eigenvalue weighted by molar-refractivity contribution is 0.242. The number of guanidine groups is 1. The Kier molecular flexibility index (Phi) is 6.49. The van der Waals surface area contributed by atoms with Gasteiger partial charge in [0.05, 0.1) is 13.2 Å². The average molecular weight is 327 g/mol. The maximum Gasteiger partial charge on any atom is 0.193 e. The van der Waals surface area contributed by atoms with Gasteiger partial charge in [0.15, 0.2) is 5.96 Å². The van der Waals surface area contributed by atoms with Crippen LogP contribution in [0.25, 0.3) is 0 Å². The Morgan fingerprint density at radius 3 is 2.50 bits per heavy atom. The maximum atomic E-state index is 5.94. The fraction of sp³-hybridized carbons (Fsp3) is 0.316. The molecule has 0 saturated carbocycles. The van der Waals surface area contributed by atoms with Crippen LogP contribution in [0.15, 0.2) is 53.5 Å². The molecule has 0 amide bonds. The van der Waals surface area contributed by atoms with E-state index in [2.05, 4.69) is 10.3 Å². The molecule has 0 aliphatic rings. The molecule has 0 radical (unpaired) electrons. The normalized spacial score (nSPS) is 11.4. The second-order valence-corrected chi connectivity index (χ2v) is 5.64. The summed E-state index contributed by atoms with van der Waals surface area (Å²) in [5.74, 6) is 2.10. The van der Waals surface area contributed by atoms with Crippen molar-refractivity contribution in [2.45, 2.75) is 26.4 Å². The van der Waals surface area contributed by atoms with Gasteiger partial charge in [0.1, 0.15) is 11.5 Å². The van der Waals surface area contributed by atoms with Gasteiger partial charge in [-0.05, 0) is 56.2 Å². The number of anilines is 1. The summed E-state index contributed by atoms with van der Waals surface area (Å²) >= 11 is 0. The number of methoxy groups -OCH3 is 1. The van der Waals surface area contributed by atoms with Gasteiger partial charge in [-0.25, -0.2) is 0 Å². The third kappa shape index (κ3) is 5.50. The Labute approximate surface area is 143 Å². The van der Waals surface area contributed by atoms with Crippen molar-refractivity contribution in [2.75, 3.05) is 19.0 Å². The van der Waals surface area contributed by atoms with Crippen molar-refractivity contribution in [3.63, 3.8) is 0 Å². The van der Waals surface area contributed by atoms with Crippen LogP contribution in [0.3, 0.4) is 0 Å². The van der Waals surface area contributed by atoms with E-state index in [0.29, 0.717) is 12.5 Å². The number of hydrogen-bond donors (Lipinski definition) is 2. The Bertz CT molecular complexity index is 667. The molecular weight excluding hydrogens is 302 g/mol. The number of rotatable bonds is 7. The summed E-state index contributed by atoms with van der Waals surface area (Å²) < 4.78 is 10.9. The first kappa shape index (κ1) is 17.7. The van der Waals surface area contributed by atoms with Crippen LogP contribution in [0, 0.1) is 0 Å². The van der Waals surface area contributed by atoms with E-state index in [1.54, 1.807) is 7.11 Å². The molecule has 0 aliphatic carbocycles. The largest absolute Gasteiger partial charge is 0.496 e. The molecule has 0 unspecified atom stereocenters. The summed E-state index contributed by atoms with van der Waals surface area (Å²) in [6, 6.07) is 15.6. The highest BCUT2D eigenvalue weighted by Crippen LogP contribution is 2.18. The van der Waals surface area contributed by atoms with E-state index in [0.717, 1.165) is 29.2 Å². The Morgan fingerprint density at radius 2 is 1.83 bits per heavy atom. The van der Waals surface area contributed by atoms with Gasteiger partial charge in [0.25, 0.3) is 0 Å². The first-order valence-corrected chi connectivity index (χ1v) is 8.04. The van der Waals surface area contributed by atoms with Crippen molar-refractivity contribution in [2.24, 2.45) is 10.7 Å². The van der Waals surface area contributed by atoms with Crippen molar-refractivity contribution in [3.8, 4) is 11.5 Å². The zero-order valence-electron chi connectivity index (χ0n) is 14.5. The predicted molar refractivity (Wildman–Crippen MR) is 99.0 cm³/mol. The fourth-order valence-corrected chi connectivity index (χ4v) is 2.28. The Balaban J connectivity index is 1.87. The van der Waals surface area contributed by atoms with Crippen LogP contribution in [-0.4, -0.2) is 25.7 Å². The van der Waals surface area contributed by atoms with Crippen LogP contribution < -0.4 is 20.5 Å². The van der Waals surface area contributed by atoms with Crippen molar-refractivity contribution < 1.29 is 9.47 Å². The molecule has 0 heterocycles. The molecule has 5 nitrogen and oxygen atoms in total. The van der Waals surface area contributed by atoms with E-state index in [-0.39, 0.29) is 6.10 Å². The summed E-state index contributed by atoms with van der Waals surface area (Å²) in [6.07, 6.45) is 0.929. The first-order valence-electron chi connectivity index (χ1n) is 8.04. The van der Waals surface area contributed by atoms with E-state index in [4.69, 9.17) is 15.2 Å². The number of nitrogens with one attached hydrogen (secondary N) is 1. The molecule has 0 aromatic heterocycles. The number of hydrogen-bond acceptors (Lipinski definition) is 3. The lowest BCUT2D eigenvalue weighted by Crippen LogP contribution is -2.23. The summed E-state index contributed by atoms with van der Waals surface area (Å²) in [5, 5.41) is 3.08. The zero-order chi connectivity index (χ0) is 17.4. The number of nitrogens with two attached hydrogens (primary N) is 1. The van der Waals surface area contributed by atoms with Gasteiger partial charge >= 0.3 is 0 Å². The predicted octanol–water partition coefficient (Wildman–Crippen LogP) is 3.45. The van der Waals surface area contributed by atoms with E-state index in [1.807, 2.05) is 62.4 Å². The Hall–Kier alpha value is -2.69. The third-order valence-electron chi connectivity index (χ3n) is 3.35. The van der Waals surface area contributed by atoms with Gasteiger partial charge in [-0.15, -0.1) is 0 Å². The standard InChI is InChI=1S/C19H25N3O2/c1-14(2)24-17-10-8-16(9-11-17)22-19(20)21-13-12-15-6-4-5-7-18(15)23-3/h4-11,14H,12-13H2,1-3H3,(H3,20,21,22). The second-order valence-electron chi connectivity index (χ2n) is 5.64.